The predicted octanol–water partition coefficient (Wildman–Crippen LogP) is 11.3. The van der Waals surface area contributed by atoms with E-state index in [1.807, 2.05) is 78.9 Å². The molecule has 0 aliphatic heterocycles. The van der Waals surface area contributed by atoms with Crippen molar-refractivity contribution in [1.29, 1.82) is 0 Å². The van der Waals surface area contributed by atoms with Gasteiger partial charge in [0.25, 0.3) is 0 Å². The van der Waals surface area contributed by atoms with Gasteiger partial charge in [0.2, 0.25) is 5.95 Å². The first-order valence-electron chi connectivity index (χ1n) is 22.1. The van der Waals surface area contributed by atoms with Crippen LogP contribution in [-0.4, -0.2) is 24.1 Å². The summed E-state index contributed by atoms with van der Waals surface area (Å²) in [6.07, 6.45) is 0. The topological polar surface area (TPSA) is 61.7 Å². The summed E-state index contributed by atoms with van der Waals surface area (Å²) in [6, 6.07) is 21.0. The molecule has 0 amide bonds. The normalized spacial score (nSPS) is 15.2. The van der Waals surface area contributed by atoms with E-state index in [-0.39, 0.29) is 62.7 Å². The van der Waals surface area contributed by atoms with Gasteiger partial charge in [-0.15, -0.1) is 0 Å². The lowest BCUT2D eigenvalue weighted by molar-refractivity contribution is 0.669. The average molecular weight is 666 g/mol. The Morgan fingerprint density at radius 3 is 1.78 bits per heavy atom. The third-order valence-electron chi connectivity index (χ3n) is 9.13. The SMILES string of the molecule is [2H]c1c([2H])c(-c2nc(-c3ccc4c(c3)oc3ccccc34)nc(-n3c4c([2H])c([2H])c([2H])c([2H])c4c4c([2H])c([2H])c([2H])c([2H])c43)n2)c([2H])c(-n2c3ccccc3c3ccccc32)c1[2H]. The molecule has 11 aromatic rings. The second kappa shape index (κ2) is 10.7. The molecule has 0 radical (unpaired) electrons. The molecule has 0 aliphatic rings. The highest BCUT2D eigenvalue weighted by molar-refractivity contribution is 6.10. The van der Waals surface area contributed by atoms with Crippen molar-refractivity contribution >= 4 is 65.6 Å². The van der Waals surface area contributed by atoms with E-state index in [1.165, 1.54) is 0 Å². The Morgan fingerprint density at radius 2 is 1.06 bits per heavy atom. The van der Waals surface area contributed by atoms with Crippen LogP contribution >= 0.6 is 0 Å². The van der Waals surface area contributed by atoms with E-state index in [4.69, 9.17) is 31.7 Å². The minimum atomic E-state index is -0.640. The molecule has 51 heavy (non-hydrogen) atoms. The van der Waals surface area contributed by atoms with Crippen LogP contribution in [0.1, 0.15) is 16.4 Å². The standard InChI is InChI=1S/C45H27N5O/c1-6-19-37-31(14-1)32-15-2-7-20-38(32)49(37)30-13-11-12-28(26-30)43-46-44(29-24-25-36-35-18-5-10-23-41(35)51-42(36)27-29)48-45(47-43)50-39-21-8-3-16-33(39)34-17-4-9-22-40(34)50/h1-27H/i3D,4D,8D,9D,11D,12D,13D,16D,17D,21D,22D,26D. The Labute approximate surface area is 308 Å². The molecule has 0 spiro atoms. The van der Waals surface area contributed by atoms with Crippen molar-refractivity contribution in [2.24, 2.45) is 0 Å². The summed E-state index contributed by atoms with van der Waals surface area (Å²) in [5.41, 5.74) is 1.99. The first-order chi connectivity index (χ1) is 30.3. The number of hydrogen-bond donors (Lipinski definition) is 0. The summed E-state index contributed by atoms with van der Waals surface area (Å²) in [6.45, 7) is 0. The quantitative estimate of drug-likeness (QED) is 0.188. The van der Waals surface area contributed by atoms with Gasteiger partial charge in [0, 0.05) is 49.1 Å². The van der Waals surface area contributed by atoms with Gasteiger partial charge in [-0.05, 0) is 54.5 Å². The van der Waals surface area contributed by atoms with Crippen molar-refractivity contribution < 1.29 is 20.9 Å². The third kappa shape index (κ3) is 4.20. The van der Waals surface area contributed by atoms with E-state index >= 15 is 0 Å². The maximum absolute atomic E-state index is 9.80. The van der Waals surface area contributed by atoms with Gasteiger partial charge in [0.15, 0.2) is 11.6 Å². The number of nitrogens with zero attached hydrogens (tertiary/aromatic N) is 5. The smallest absolute Gasteiger partial charge is 0.238 e. The van der Waals surface area contributed by atoms with Gasteiger partial charge in [-0.2, -0.15) is 9.97 Å². The Bertz CT molecular complexity index is 3730. The van der Waals surface area contributed by atoms with Gasteiger partial charge in [-0.3, -0.25) is 4.57 Å². The Hall–Kier alpha value is -7.05. The van der Waals surface area contributed by atoms with Crippen LogP contribution in [0.2, 0.25) is 0 Å². The second-order valence-corrected chi connectivity index (χ2v) is 12.0. The summed E-state index contributed by atoms with van der Waals surface area (Å²) >= 11 is 0. The van der Waals surface area contributed by atoms with Crippen molar-refractivity contribution in [3.63, 3.8) is 0 Å². The van der Waals surface area contributed by atoms with Crippen LogP contribution in [0.25, 0.3) is 100.0 Å². The van der Waals surface area contributed by atoms with Crippen molar-refractivity contribution in [3.05, 3.63) is 164 Å². The van der Waals surface area contributed by atoms with E-state index in [0.717, 1.165) is 26.1 Å². The van der Waals surface area contributed by atoms with Crippen molar-refractivity contribution in [3.8, 4) is 34.4 Å². The molecule has 0 fully saturated rings. The molecule has 4 aromatic heterocycles. The molecular formula is C45H27N5O. The summed E-state index contributed by atoms with van der Waals surface area (Å²) in [5, 5.41) is 2.93. The Kier molecular flexibility index (Phi) is 3.92. The first kappa shape index (κ1) is 18.6. The summed E-state index contributed by atoms with van der Waals surface area (Å²) in [5.74, 6) is -0.747. The van der Waals surface area contributed by atoms with Crippen LogP contribution in [0.3, 0.4) is 0 Å². The van der Waals surface area contributed by atoms with Crippen LogP contribution < -0.4 is 0 Å². The minimum absolute atomic E-state index is 0.0179. The van der Waals surface area contributed by atoms with Crippen LogP contribution in [0.4, 0.5) is 0 Å². The van der Waals surface area contributed by atoms with E-state index in [2.05, 4.69) is 0 Å². The summed E-state index contributed by atoms with van der Waals surface area (Å²) in [4.78, 5) is 14.4. The monoisotopic (exact) mass is 665 g/mol. The minimum Gasteiger partial charge on any atom is -0.456 e. The fraction of sp³-hybridized carbons (Fsp3) is 0. The lowest BCUT2D eigenvalue weighted by atomic mass is 10.1. The van der Waals surface area contributed by atoms with Crippen LogP contribution in [0.5, 0.6) is 0 Å². The molecule has 0 N–H and O–H groups in total. The number of para-hydroxylation sites is 5. The van der Waals surface area contributed by atoms with Gasteiger partial charge in [-0.1, -0.05) is 109 Å². The molecule has 0 saturated carbocycles. The molecule has 238 valence electrons. The average Bonchev–Trinajstić information content (AvgIpc) is 3.96. The lowest BCUT2D eigenvalue weighted by Gasteiger charge is -2.12. The molecule has 0 bridgehead atoms. The van der Waals surface area contributed by atoms with Gasteiger partial charge in [0.05, 0.1) is 38.5 Å². The zero-order valence-electron chi connectivity index (χ0n) is 38.3. The highest BCUT2D eigenvalue weighted by Crippen LogP contribution is 2.36. The van der Waals surface area contributed by atoms with Crippen LogP contribution in [-0.2, 0) is 0 Å². The molecule has 0 atom stereocenters. The van der Waals surface area contributed by atoms with E-state index in [1.54, 1.807) is 16.7 Å². The second-order valence-electron chi connectivity index (χ2n) is 12.0. The molecule has 0 unspecified atom stereocenters. The van der Waals surface area contributed by atoms with Crippen LogP contribution in [0.15, 0.2) is 168 Å². The van der Waals surface area contributed by atoms with Gasteiger partial charge < -0.3 is 8.98 Å². The van der Waals surface area contributed by atoms with E-state index in [9.17, 15) is 4.11 Å². The number of benzene rings is 7. The maximum Gasteiger partial charge on any atom is 0.238 e. The number of hydrogen-bond acceptors (Lipinski definition) is 4. The van der Waals surface area contributed by atoms with Gasteiger partial charge in [0.1, 0.15) is 11.2 Å². The highest BCUT2D eigenvalue weighted by atomic mass is 16.3. The zero-order valence-corrected chi connectivity index (χ0v) is 26.3. The predicted molar refractivity (Wildman–Crippen MR) is 207 cm³/mol. The largest absolute Gasteiger partial charge is 0.456 e. The molecule has 11 rings (SSSR count). The van der Waals surface area contributed by atoms with Crippen molar-refractivity contribution in [1.82, 2.24) is 24.1 Å². The molecule has 6 heteroatoms. The number of rotatable bonds is 4. The molecule has 7 aromatic carbocycles. The Morgan fingerprint density at radius 1 is 0.451 bits per heavy atom. The summed E-state index contributed by atoms with van der Waals surface area (Å²) in [7, 11) is 0. The lowest BCUT2D eigenvalue weighted by Crippen LogP contribution is -2.06. The fourth-order valence-electron chi connectivity index (χ4n) is 6.91. The fourth-order valence-corrected chi connectivity index (χ4v) is 6.91. The third-order valence-corrected chi connectivity index (χ3v) is 9.13. The molecule has 4 heterocycles. The van der Waals surface area contributed by atoms with Crippen molar-refractivity contribution in [2.45, 2.75) is 0 Å². The van der Waals surface area contributed by atoms with Crippen molar-refractivity contribution in [2.75, 3.05) is 0 Å². The maximum atomic E-state index is 9.80. The zero-order chi connectivity index (χ0) is 43.9. The van der Waals surface area contributed by atoms with Gasteiger partial charge >= 0.3 is 0 Å². The molecule has 0 aliphatic carbocycles. The van der Waals surface area contributed by atoms with E-state index in [0.29, 0.717) is 27.8 Å². The van der Waals surface area contributed by atoms with E-state index < -0.39 is 60.4 Å². The molecular weight excluding hydrogens is 627 g/mol. The molecule has 0 saturated heterocycles. The van der Waals surface area contributed by atoms with Crippen LogP contribution in [0, 0.1) is 0 Å². The highest BCUT2D eigenvalue weighted by Gasteiger charge is 2.19. The first-order valence-corrected chi connectivity index (χ1v) is 16.1. The Balaban J connectivity index is 1.29. The number of furan rings is 1. The number of aromatic nitrogens is 5. The summed E-state index contributed by atoms with van der Waals surface area (Å²) < 4.78 is 117. The van der Waals surface area contributed by atoms with Gasteiger partial charge in [-0.25, -0.2) is 4.98 Å². The molecule has 6 nitrogen and oxygen atoms in total. The number of fused-ring (bicyclic) bond motifs is 9.